The summed E-state index contributed by atoms with van der Waals surface area (Å²) in [6.07, 6.45) is 0. The van der Waals surface area contributed by atoms with Crippen LogP contribution in [0.5, 0.6) is 0 Å². The molecule has 5 heteroatoms. The number of hydrogen-bond acceptors (Lipinski definition) is 4. The van der Waals surface area contributed by atoms with Crippen LogP contribution in [0.1, 0.15) is 23.0 Å². The minimum Gasteiger partial charge on any atom is -0.478 e. The standard InChI is InChI=1S/C14H21N3O2/c1-9-7-17(8-12(9)16(3)4)13-6-5-11(14(18)19)10(2)15-13/h5-6,9,12H,7-8H2,1-4H3,(H,18,19). The highest BCUT2D eigenvalue weighted by Gasteiger charge is 2.31. The van der Waals surface area contributed by atoms with Crippen LogP contribution in [0, 0.1) is 12.8 Å². The molecule has 0 amide bonds. The van der Waals surface area contributed by atoms with E-state index < -0.39 is 5.97 Å². The predicted molar refractivity (Wildman–Crippen MR) is 74.8 cm³/mol. The third kappa shape index (κ3) is 2.71. The van der Waals surface area contributed by atoms with E-state index in [0.29, 0.717) is 17.7 Å². The van der Waals surface area contributed by atoms with Crippen LogP contribution >= 0.6 is 0 Å². The lowest BCUT2D eigenvalue weighted by Gasteiger charge is -2.22. The summed E-state index contributed by atoms with van der Waals surface area (Å²) in [6, 6.07) is 3.97. The lowest BCUT2D eigenvalue weighted by atomic mass is 10.1. The fourth-order valence-electron chi connectivity index (χ4n) is 2.76. The summed E-state index contributed by atoms with van der Waals surface area (Å²) in [6.45, 7) is 5.88. The smallest absolute Gasteiger partial charge is 0.337 e. The van der Waals surface area contributed by atoms with Crippen molar-refractivity contribution in [1.82, 2.24) is 9.88 Å². The first-order valence-electron chi connectivity index (χ1n) is 6.52. The van der Waals surface area contributed by atoms with Gasteiger partial charge in [-0.2, -0.15) is 0 Å². The SMILES string of the molecule is Cc1nc(N2CC(C)C(N(C)C)C2)ccc1C(=O)O. The maximum absolute atomic E-state index is 11.0. The van der Waals surface area contributed by atoms with Crippen LogP contribution < -0.4 is 4.90 Å². The number of carbonyl (C=O) groups is 1. The second-order valence-corrected chi connectivity index (χ2v) is 5.52. The van der Waals surface area contributed by atoms with Crippen LogP contribution in [0.15, 0.2) is 12.1 Å². The Labute approximate surface area is 113 Å². The summed E-state index contributed by atoms with van der Waals surface area (Å²) in [5.41, 5.74) is 0.853. The lowest BCUT2D eigenvalue weighted by Crippen LogP contribution is -2.34. The first-order valence-corrected chi connectivity index (χ1v) is 6.52. The predicted octanol–water partition coefficient (Wildman–Crippen LogP) is 1.47. The average Bonchev–Trinajstić information content (AvgIpc) is 2.70. The summed E-state index contributed by atoms with van der Waals surface area (Å²) in [4.78, 5) is 19.9. The Hall–Kier alpha value is -1.62. The van der Waals surface area contributed by atoms with Gasteiger partial charge in [-0.05, 0) is 39.1 Å². The summed E-state index contributed by atoms with van der Waals surface area (Å²) in [5, 5.41) is 9.02. The molecule has 5 nitrogen and oxygen atoms in total. The quantitative estimate of drug-likeness (QED) is 0.895. The number of carboxylic acids is 1. The maximum Gasteiger partial charge on any atom is 0.337 e. The van der Waals surface area contributed by atoms with Crippen molar-refractivity contribution in [3.05, 3.63) is 23.4 Å². The minimum absolute atomic E-state index is 0.278. The molecule has 1 aromatic rings. The number of aromatic nitrogens is 1. The molecular formula is C14H21N3O2. The molecular weight excluding hydrogens is 242 g/mol. The van der Waals surface area contributed by atoms with Gasteiger partial charge < -0.3 is 14.9 Å². The molecule has 0 saturated carbocycles. The van der Waals surface area contributed by atoms with E-state index >= 15 is 0 Å². The van der Waals surface area contributed by atoms with Gasteiger partial charge in [0.15, 0.2) is 0 Å². The van der Waals surface area contributed by atoms with Crippen LogP contribution in [0.2, 0.25) is 0 Å². The van der Waals surface area contributed by atoms with Crippen molar-refractivity contribution in [2.45, 2.75) is 19.9 Å². The van der Waals surface area contributed by atoms with E-state index in [-0.39, 0.29) is 5.56 Å². The molecule has 0 aliphatic carbocycles. The van der Waals surface area contributed by atoms with Crippen LogP contribution in [0.25, 0.3) is 0 Å². The number of hydrogen-bond donors (Lipinski definition) is 1. The highest BCUT2D eigenvalue weighted by molar-refractivity contribution is 5.89. The van der Waals surface area contributed by atoms with Gasteiger partial charge in [-0.3, -0.25) is 0 Å². The molecule has 1 N–H and O–H groups in total. The topological polar surface area (TPSA) is 56.7 Å². The Morgan fingerprint density at radius 3 is 2.58 bits per heavy atom. The van der Waals surface area contributed by atoms with Crippen LogP contribution in [-0.2, 0) is 0 Å². The van der Waals surface area contributed by atoms with Gasteiger partial charge >= 0.3 is 5.97 Å². The number of carboxylic acid groups (broad SMARTS) is 1. The molecule has 19 heavy (non-hydrogen) atoms. The van der Waals surface area contributed by atoms with Crippen molar-refractivity contribution in [2.24, 2.45) is 5.92 Å². The lowest BCUT2D eigenvalue weighted by molar-refractivity contribution is 0.0695. The Kier molecular flexibility index (Phi) is 3.75. The number of aromatic carboxylic acids is 1. The molecule has 1 saturated heterocycles. The molecule has 0 spiro atoms. The first-order chi connectivity index (χ1) is 8.90. The fourth-order valence-corrected chi connectivity index (χ4v) is 2.76. The molecule has 2 atom stereocenters. The van der Waals surface area contributed by atoms with E-state index in [1.54, 1.807) is 19.1 Å². The van der Waals surface area contributed by atoms with Crippen molar-refractivity contribution in [3.8, 4) is 0 Å². The number of likely N-dealkylation sites (N-methyl/N-ethyl adjacent to an activating group) is 1. The van der Waals surface area contributed by atoms with Crippen molar-refractivity contribution in [2.75, 3.05) is 32.1 Å². The van der Waals surface area contributed by atoms with Crippen molar-refractivity contribution >= 4 is 11.8 Å². The minimum atomic E-state index is -0.919. The van der Waals surface area contributed by atoms with Gasteiger partial charge in [-0.15, -0.1) is 0 Å². The van der Waals surface area contributed by atoms with E-state index in [4.69, 9.17) is 5.11 Å². The molecule has 0 bridgehead atoms. The molecule has 0 aromatic carbocycles. The number of aryl methyl sites for hydroxylation is 1. The van der Waals surface area contributed by atoms with E-state index in [1.165, 1.54) is 0 Å². The van der Waals surface area contributed by atoms with Crippen LogP contribution in [-0.4, -0.2) is 54.2 Å². The largest absolute Gasteiger partial charge is 0.478 e. The maximum atomic E-state index is 11.0. The molecule has 0 radical (unpaired) electrons. The van der Waals surface area contributed by atoms with E-state index in [1.807, 2.05) is 0 Å². The van der Waals surface area contributed by atoms with Crippen LogP contribution in [0.3, 0.4) is 0 Å². The number of rotatable bonds is 3. The Balaban J connectivity index is 2.20. The Morgan fingerprint density at radius 2 is 2.11 bits per heavy atom. The van der Waals surface area contributed by atoms with Gasteiger partial charge in [0.2, 0.25) is 0 Å². The zero-order valence-corrected chi connectivity index (χ0v) is 11.9. The van der Waals surface area contributed by atoms with Crippen molar-refractivity contribution < 1.29 is 9.90 Å². The Bertz CT molecular complexity index is 488. The monoisotopic (exact) mass is 263 g/mol. The summed E-state index contributed by atoms with van der Waals surface area (Å²) in [7, 11) is 4.19. The number of nitrogens with zero attached hydrogens (tertiary/aromatic N) is 3. The zero-order chi connectivity index (χ0) is 14.2. The fraction of sp³-hybridized carbons (Fsp3) is 0.571. The Morgan fingerprint density at radius 1 is 1.42 bits per heavy atom. The number of pyridine rings is 1. The van der Waals surface area contributed by atoms with Gasteiger partial charge in [0.1, 0.15) is 5.82 Å². The number of anilines is 1. The first kappa shape index (κ1) is 13.8. The second kappa shape index (κ2) is 5.17. The molecule has 1 aromatic heterocycles. The third-order valence-electron chi connectivity index (χ3n) is 3.86. The summed E-state index contributed by atoms with van der Waals surface area (Å²) >= 11 is 0. The molecule has 2 rings (SSSR count). The zero-order valence-electron chi connectivity index (χ0n) is 11.9. The summed E-state index contributed by atoms with van der Waals surface area (Å²) in [5.74, 6) is 0.535. The summed E-state index contributed by atoms with van der Waals surface area (Å²) < 4.78 is 0. The van der Waals surface area contributed by atoms with Gasteiger partial charge in [-0.1, -0.05) is 6.92 Å². The molecule has 2 unspecified atom stereocenters. The normalized spacial score (nSPS) is 23.1. The van der Waals surface area contributed by atoms with Gasteiger partial charge in [0.25, 0.3) is 0 Å². The van der Waals surface area contributed by atoms with Gasteiger partial charge in [0.05, 0.1) is 11.3 Å². The molecule has 104 valence electrons. The van der Waals surface area contributed by atoms with Gasteiger partial charge in [0, 0.05) is 19.1 Å². The van der Waals surface area contributed by atoms with Crippen molar-refractivity contribution in [3.63, 3.8) is 0 Å². The molecule has 1 fully saturated rings. The van der Waals surface area contributed by atoms with E-state index in [0.717, 1.165) is 18.9 Å². The third-order valence-corrected chi connectivity index (χ3v) is 3.86. The molecule has 1 aliphatic heterocycles. The highest BCUT2D eigenvalue weighted by Crippen LogP contribution is 2.25. The van der Waals surface area contributed by atoms with Crippen LogP contribution in [0.4, 0.5) is 5.82 Å². The molecule has 2 heterocycles. The van der Waals surface area contributed by atoms with E-state index in [2.05, 4.69) is 35.8 Å². The van der Waals surface area contributed by atoms with Gasteiger partial charge in [-0.25, -0.2) is 9.78 Å². The van der Waals surface area contributed by atoms with Crippen molar-refractivity contribution in [1.29, 1.82) is 0 Å². The molecule has 1 aliphatic rings. The highest BCUT2D eigenvalue weighted by atomic mass is 16.4. The van der Waals surface area contributed by atoms with E-state index in [9.17, 15) is 4.79 Å². The average molecular weight is 263 g/mol. The second-order valence-electron chi connectivity index (χ2n) is 5.52.